The number of rotatable bonds is 6. The molecule has 0 aromatic heterocycles. The van der Waals surface area contributed by atoms with Crippen molar-refractivity contribution in [2.24, 2.45) is 10.7 Å². The standard InChI is InChI=1S/C16H25FN4O/c1-3-21-6-4-5-14(21)11-20-16(18)19-10-12-7-13(17)9-15(8-12)22-2/h7-9,14H,3-6,10-11H2,1-2H3,(H3,18,19,20). The fourth-order valence-electron chi connectivity index (χ4n) is 2.83. The summed E-state index contributed by atoms with van der Waals surface area (Å²) in [6, 6.07) is 5.06. The van der Waals surface area contributed by atoms with E-state index in [1.54, 1.807) is 6.07 Å². The van der Waals surface area contributed by atoms with Gasteiger partial charge in [0.15, 0.2) is 5.96 Å². The fraction of sp³-hybridized carbons (Fsp3) is 0.562. The third-order valence-electron chi connectivity index (χ3n) is 4.02. The van der Waals surface area contributed by atoms with Gasteiger partial charge in [-0.25, -0.2) is 9.38 Å². The zero-order valence-corrected chi connectivity index (χ0v) is 13.3. The van der Waals surface area contributed by atoms with Crippen LogP contribution >= 0.6 is 0 Å². The van der Waals surface area contributed by atoms with Crippen molar-refractivity contribution in [1.82, 2.24) is 10.2 Å². The lowest BCUT2D eigenvalue weighted by Crippen LogP contribution is -2.42. The van der Waals surface area contributed by atoms with Crippen molar-refractivity contribution in [3.05, 3.63) is 29.6 Å². The monoisotopic (exact) mass is 308 g/mol. The van der Waals surface area contributed by atoms with Gasteiger partial charge in [-0.3, -0.25) is 4.90 Å². The normalized spacial score (nSPS) is 19.4. The molecule has 1 aliphatic heterocycles. The Bertz CT molecular complexity index is 521. The highest BCUT2D eigenvalue weighted by molar-refractivity contribution is 5.77. The van der Waals surface area contributed by atoms with Crippen molar-refractivity contribution in [1.29, 1.82) is 0 Å². The number of nitrogens with zero attached hydrogens (tertiary/aromatic N) is 2. The van der Waals surface area contributed by atoms with Gasteiger partial charge in [0.2, 0.25) is 0 Å². The maximum Gasteiger partial charge on any atom is 0.188 e. The van der Waals surface area contributed by atoms with Gasteiger partial charge in [0, 0.05) is 18.7 Å². The van der Waals surface area contributed by atoms with E-state index in [0.717, 1.165) is 25.2 Å². The van der Waals surface area contributed by atoms with Crippen molar-refractivity contribution >= 4 is 5.96 Å². The Hall–Kier alpha value is -1.82. The number of aliphatic imine (C=N–C) groups is 1. The Labute approximate surface area is 131 Å². The Morgan fingerprint density at radius 1 is 1.50 bits per heavy atom. The first kappa shape index (κ1) is 16.5. The summed E-state index contributed by atoms with van der Waals surface area (Å²) in [6.07, 6.45) is 2.43. The average molecular weight is 308 g/mol. The summed E-state index contributed by atoms with van der Waals surface area (Å²) in [7, 11) is 1.51. The second-order valence-electron chi connectivity index (χ2n) is 5.51. The highest BCUT2D eigenvalue weighted by Gasteiger charge is 2.22. The van der Waals surface area contributed by atoms with Crippen molar-refractivity contribution in [2.45, 2.75) is 32.4 Å². The molecule has 0 bridgehead atoms. The Balaban J connectivity index is 1.86. The van der Waals surface area contributed by atoms with Crippen LogP contribution in [0.25, 0.3) is 0 Å². The molecule has 1 saturated heterocycles. The summed E-state index contributed by atoms with van der Waals surface area (Å²) in [5, 5.41) is 3.16. The Morgan fingerprint density at radius 2 is 2.32 bits per heavy atom. The number of guanidine groups is 1. The molecule has 1 fully saturated rings. The fourth-order valence-corrected chi connectivity index (χ4v) is 2.83. The molecule has 3 N–H and O–H groups in total. The number of methoxy groups -OCH3 is 1. The number of nitrogens with two attached hydrogens (primary N) is 1. The maximum absolute atomic E-state index is 13.4. The van der Waals surface area contributed by atoms with E-state index in [0.29, 0.717) is 24.3 Å². The summed E-state index contributed by atoms with van der Waals surface area (Å²) in [6.45, 7) is 5.52. The van der Waals surface area contributed by atoms with Crippen molar-refractivity contribution in [3.63, 3.8) is 0 Å². The van der Waals surface area contributed by atoms with Crippen molar-refractivity contribution in [2.75, 3.05) is 26.7 Å². The van der Waals surface area contributed by atoms with Crippen LogP contribution in [0.2, 0.25) is 0 Å². The van der Waals surface area contributed by atoms with Gasteiger partial charge in [-0.1, -0.05) is 6.92 Å². The van der Waals surface area contributed by atoms with Crippen LogP contribution in [-0.2, 0) is 6.54 Å². The zero-order valence-electron chi connectivity index (χ0n) is 13.3. The summed E-state index contributed by atoms with van der Waals surface area (Å²) in [5.74, 6) is 0.549. The van der Waals surface area contributed by atoms with Crippen LogP contribution in [0.3, 0.4) is 0 Å². The SMILES string of the molecule is CCN1CCCC1CNC(N)=NCc1cc(F)cc(OC)c1. The lowest BCUT2D eigenvalue weighted by Gasteiger charge is -2.23. The van der Waals surface area contributed by atoms with Gasteiger partial charge in [-0.05, 0) is 43.6 Å². The number of likely N-dealkylation sites (tertiary alicyclic amines) is 1. The number of nitrogens with one attached hydrogen (secondary N) is 1. The number of benzene rings is 1. The molecule has 122 valence electrons. The first-order valence-electron chi connectivity index (χ1n) is 7.73. The molecule has 1 atom stereocenters. The third kappa shape index (κ3) is 4.59. The summed E-state index contributed by atoms with van der Waals surface area (Å²) in [5.41, 5.74) is 6.62. The lowest BCUT2D eigenvalue weighted by atomic mass is 10.2. The smallest absolute Gasteiger partial charge is 0.188 e. The van der Waals surface area contributed by atoms with Crippen molar-refractivity contribution in [3.8, 4) is 5.75 Å². The molecule has 1 aromatic rings. The van der Waals surface area contributed by atoms with Gasteiger partial charge in [0.05, 0.1) is 13.7 Å². The second-order valence-corrected chi connectivity index (χ2v) is 5.51. The predicted octanol–water partition coefficient (Wildman–Crippen LogP) is 1.72. The minimum Gasteiger partial charge on any atom is -0.497 e. The number of likely N-dealkylation sites (N-methyl/N-ethyl adjacent to an activating group) is 1. The quantitative estimate of drug-likeness (QED) is 0.620. The molecule has 1 aliphatic rings. The molecule has 6 heteroatoms. The van der Waals surface area contributed by atoms with E-state index in [4.69, 9.17) is 10.5 Å². The van der Waals surface area contributed by atoms with Crippen LogP contribution < -0.4 is 15.8 Å². The van der Waals surface area contributed by atoms with E-state index in [-0.39, 0.29) is 5.82 Å². The van der Waals surface area contributed by atoms with Gasteiger partial charge in [-0.2, -0.15) is 0 Å². The number of ether oxygens (including phenoxy) is 1. The summed E-state index contributed by atoms with van der Waals surface area (Å²) in [4.78, 5) is 6.71. The Kier molecular flexibility index (Phi) is 6.00. The van der Waals surface area contributed by atoms with Crippen LogP contribution in [0.4, 0.5) is 4.39 Å². The van der Waals surface area contributed by atoms with E-state index in [1.807, 2.05) is 0 Å². The minimum absolute atomic E-state index is 0.328. The number of hydrogen-bond acceptors (Lipinski definition) is 3. The number of hydrogen-bond donors (Lipinski definition) is 2. The first-order chi connectivity index (χ1) is 10.6. The summed E-state index contributed by atoms with van der Waals surface area (Å²) < 4.78 is 18.4. The van der Waals surface area contributed by atoms with Crippen LogP contribution in [0, 0.1) is 5.82 Å². The highest BCUT2D eigenvalue weighted by Crippen LogP contribution is 2.17. The molecule has 0 radical (unpaired) electrons. The van der Waals surface area contributed by atoms with Gasteiger partial charge < -0.3 is 15.8 Å². The molecule has 0 spiro atoms. The molecule has 1 heterocycles. The molecular weight excluding hydrogens is 283 g/mol. The molecule has 22 heavy (non-hydrogen) atoms. The molecular formula is C16H25FN4O. The largest absolute Gasteiger partial charge is 0.497 e. The molecule has 1 aromatic carbocycles. The average Bonchev–Trinajstić information content (AvgIpc) is 2.97. The van der Waals surface area contributed by atoms with E-state index < -0.39 is 0 Å². The van der Waals surface area contributed by atoms with Crippen LogP contribution in [0.5, 0.6) is 5.75 Å². The predicted molar refractivity (Wildman–Crippen MR) is 86.6 cm³/mol. The molecule has 0 saturated carbocycles. The van der Waals surface area contributed by atoms with E-state index in [1.165, 1.54) is 32.1 Å². The maximum atomic E-state index is 13.4. The summed E-state index contributed by atoms with van der Waals surface area (Å²) >= 11 is 0. The van der Waals surface area contributed by atoms with Crippen LogP contribution in [0.1, 0.15) is 25.3 Å². The molecule has 0 aliphatic carbocycles. The van der Waals surface area contributed by atoms with Crippen LogP contribution in [0.15, 0.2) is 23.2 Å². The third-order valence-corrected chi connectivity index (χ3v) is 4.02. The van der Waals surface area contributed by atoms with E-state index in [9.17, 15) is 4.39 Å². The molecule has 2 rings (SSSR count). The molecule has 1 unspecified atom stereocenters. The lowest BCUT2D eigenvalue weighted by molar-refractivity contribution is 0.267. The van der Waals surface area contributed by atoms with E-state index >= 15 is 0 Å². The van der Waals surface area contributed by atoms with Crippen LogP contribution in [-0.4, -0.2) is 43.6 Å². The van der Waals surface area contributed by atoms with E-state index in [2.05, 4.69) is 22.1 Å². The first-order valence-corrected chi connectivity index (χ1v) is 7.73. The highest BCUT2D eigenvalue weighted by atomic mass is 19.1. The van der Waals surface area contributed by atoms with Gasteiger partial charge in [-0.15, -0.1) is 0 Å². The van der Waals surface area contributed by atoms with Gasteiger partial charge >= 0.3 is 0 Å². The molecule has 0 amide bonds. The topological polar surface area (TPSA) is 62.9 Å². The Morgan fingerprint density at radius 3 is 3.05 bits per heavy atom. The van der Waals surface area contributed by atoms with Gasteiger partial charge in [0.1, 0.15) is 11.6 Å². The second kappa shape index (κ2) is 7.98. The number of halogens is 1. The zero-order chi connectivity index (χ0) is 15.9. The van der Waals surface area contributed by atoms with Gasteiger partial charge in [0.25, 0.3) is 0 Å². The molecule has 5 nitrogen and oxygen atoms in total. The minimum atomic E-state index is -0.333. The van der Waals surface area contributed by atoms with Crippen molar-refractivity contribution < 1.29 is 9.13 Å².